The Balaban J connectivity index is 0. The van der Waals surface area contributed by atoms with E-state index in [0.29, 0.717) is 39.3 Å². The van der Waals surface area contributed by atoms with Crippen molar-refractivity contribution in [3.05, 3.63) is 0 Å². The number of aliphatic carboxylic acids is 2. The van der Waals surface area contributed by atoms with Gasteiger partial charge in [-0.1, -0.05) is 27.7 Å². The molecule has 1 rings (SSSR count). The van der Waals surface area contributed by atoms with Crippen molar-refractivity contribution < 1.29 is 29.3 Å². The van der Waals surface area contributed by atoms with Crippen molar-refractivity contribution in [1.82, 2.24) is 14.7 Å². The summed E-state index contributed by atoms with van der Waals surface area (Å²) in [6, 6.07) is 0. The summed E-state index contributed by atoms with van der Waals surface area (Å²) in [5.41, 5.74) is 0. The van der Waals surface area contributed by atoms with Crippen LogP contribution in [0.2, 0.25) is 0 Å². The first-order valence-corrected chi connectivity index (χ1v) is 11.3. The van der Waals surface area contributed by atoms with Crippen LogP contribution in [0.25, 0.3) is 0 Å². The normalized spacial score (nSPS) is 19.3. The summed E-state index contributed by atoms with van der Waals surface area (Å²) in [7, 11) is -3.22. The molecule has 1 saturated heterocycles. The molecule has 156 valence electrons. The van der Waals surface area contributed by atoms with E-state index in [0.717, 1.165) is 0 Å². The third-order valence-electron chi connectivity index (χ3n) is 3.38. The maximum absolute atomic E-state index is 11.6. The molecule has 0 aromatic heterocycles. The van der Waals surface area contributed by atoms with Gasteiger partial charge in [0.05, 0.1) is 19.4 Å². The molecule has 1 atom stereocenters. The molecule has 0 radical (unpaired) electrons. The highest BCUT2D eigenvalue weighted by molar-refractivity contribution is 7.57. The van der Waals surface area contributed by atoms with E-state index in [1.54, 1.807) is 14.7 Å². The quantitative estimate of drug-likeness (QED) is 0.563. The average molecular weight is 397 g/mol. The lowest BCUT2D eigenvalue weighted by atomic mass is 10.4. The number of carboxylic acid groups (broad SMARTS) is 2. The molecule has 0 aromatic carbocycles. The van der Waals surface area contributed by atoms with Gasteiger partial charge in [-0.25, -0.2) is 0 Å². The second-order valence-electron chi connectivity index (χ2n) is 5.65. The third-order valence-corrected chi connectivity index (χ3v) is 4.30. The predicted molar refractivity (Wildman–Crippen MR) is 103 cm³/mol. The average Bonchev–Trinajstić information content (AvgIpc) is 2.62. The van der Waals surface area contributed by atoms with Gasteiger partial charge in [0, 0.05) is 45.9 Å². The zero-order valence-corrected chi connectivity index (χ0v) is 17.6. The van der Waals surface area contributed by atoms with Gasteiger partial charge in [0.25, 0.3) is 0 Å². The van der Waals surface area contributed by atoms with Crippen molar-refractivity contribution in [3.8, 4) is 0 Å². The first-order valence-electron chi connectivity index (χ1n) is 9.05. The molecular formula is C16H36N3O6P. The smallest absolute Gasteiger partial charge is 0.317 e. The molecule has 0 aliphatic carbocycles. The topological polar surface area (TPSA) is 122 Å². The maximum atomic E-state index is 11.6. The van der Waals surface area contributed by atoms with Crippen molar-refractivity contribution in [1.29, 1.82) is 0 Å². The van der Waals surface area contributed by atoms with E-state index in [4.69, 9.17) is 10.2 Å². The lowest BCUT2D eigenvalue weighted by Gasteiger charge is -2.25. The van der Waals surface area contributed by atoms with Crippen molar-refractivity contribution in [3.63, 3.8) is 0 Å². The highest BCUT2D eigenvalue weighted by Crippen LogP contribution is 2.35. The molecule has 0 amide bonds. The van der Waals surface area contributed by atoms with Gasteiger partial charge in [0.15, 0.2) is 0 Å². The van der Waals surface area contributed by atoms with E-state index in [1.807, 2.05) is 27.7 Å². The Hall–Kier alpha value is -0.990. The van der Waals surface area contributed by atoms with E-state index in [-0.39, 0.29) is 19.4 Å². The van der Waals surface area contributed by atoms with E-state index >= 15 is 0 Å². The minimum Gasteiger partial charge on any atom is -0.480 e. The number of carboxylic acids is 2. The summed E-state index contributed by atoms with van der Waals surface area (Å²) in [6.07, 6.45) is 0.0226. The Kier molecular flexibility index (Phi) is 15.8. The second kappa shape index (κ2) is 15.1. The second-order valence-corrected chi connectivity index (χ2v) is 8.03. The van der Waals surface area contributed by atoms with Crippen LogP contribution in [0.15, 0.2) is 0 Å². The van der Waals surface area contributed by atoms with Crippen LogP contribution in [0, 0.1) is 0 Å². The first-order chi connectivity index (χ1) is 12.2. The first kappa shape index (κ1) is 27.2. The van der Waals surface area contributed by atoms with Gasteiger partial charge in [0.2, 0.25) is 7.37 Å². The fourth-order valence-corrected chi connectivity index (χ4v) is 3.42. The maximum Gasteiger partial charge on any atom is 0.317 e. The molecule has 0 bridgehead atoms. The molecule has 26 heavy (non-hydrogen) atoms. The summed E-state index contributed by atoms with van der Waals surface area (Å²) >= 11 is 0. The minimum absolute atomic E-state index is 0.0226. The van der Waals surface area contributed by atoms with Crippen molar-refractivity contribution >= 4 is 19.3 Å². The number of hydrogen-bond acceptors (Lipinski definition) is 6. The third kappa shape index (κ3) is 15.3. The molecule has 1 fully saturated rings. The molecule has 1 aliphatic rings. The Morgan fingerprint density at radius 1 is 0.769 bits per heavy atom. The number of nitrogens with zero attached hydrogens (tertiary/aromatic N) is 3. The fraction of sp³-hybridized carbons (Fsp3) is 0.875. The Labute approximate surface area is 157 Å². The van der Waals surface area contributed by atoms with Gasteiger partial charge in [-0.05, 0) is 0 Å². The minimum atomic E-state index is -3.22. The van der Waals surface area contributed by atoms with E-state index < -0.39 is 19.3 Å². The van der Waals surface area contributed by atoms with E-state index in [9.17, 15) is 19.0 Å². The monoisotopic (exact) mass is 397 g/mol. The molecule has 1 heterocycles. The van der Waals surface area contributed by atoms with Crippen LogP contribution in [0.4, 0.5) is 0 Å². The van der Waals surface area contributed by atoms with Gasteiger partial charge in [-0.3, -0.25) is 28.9 Å². The standard InChI is InChI=1S/C12H24N3O6P.2C2H6/c1-22(20,21)10-15-6-4-13(8-11(16)17)2-3-14(5-7-15)9-12(18)19;2*1-2/h2-10H2,1H3,(H,16,17)(H,18,19)(H,20,21);2*1-2H3. The number of rotatable bonds is 6. The van der Waals surface area contributed by atoms with Gasteiger partial charge < -0.3 is 15.1 Å². The fourth-order valence-electron chi connectivity index (χ4n) is 2.40. The highest BCUT2D eigenvalue weighted by Gasteiger charge is 2.22. The SMILES string of the molecule is CC.CC.CP(=O)(O)CN1CCN(CC(=O)O)CCN(CC(=O)O)CC1. The Morgan fingerprint density at radius 2 is 1.04 bits per heavy atom. The molecule has 3 N–H and O–H groups in total. The lowest BCUT2D eigenvalue weighted by molar-refractivity contribution is -0.140. The lowest BCUT2D eigenvalue weighted by Crippen LogP contribution is -2.40. The van der Waals surface area contributed by atoms with Gasteiger partial charge in [-0.2, -0.15) is 0 Å². The number of hydrogen-bond donors (Lipinski definition) is 3. The van der Waals surface area contributed by atoms with Gasteiger partial charge >= 0.3 is 11.9 Å². The predicted octanol–water partition coefficient (Wildman–Crippen LogP) is 0.985. The van der Waals surface area contributed by atoms with Crippen molar-refractivity contribution in [2.75, 3.05) is 65.3 Å². The zero-order chi connectivity index (χ0) is 20.8. The Morgan fingerprint density at radius 3 is 1.27 bits per heavy atom. The molecule has 0 aromatic rings. The van der Waals surface area contributed by atoms with Crippen LogP contribution in [0.5, 0.6) is 0 Å². The summed E-state index contributed by atoms with van der Waals surface area (Å²) in [4.78, 5) is 36.5. The molecule has 10 heteroatoms. The van der Waals surface area contributed by atoms with Crippen LogP contribution in [-0.4, -0.2) is 107 Å². The highest BCUT2D eigenvalue weighted by atomic mass is 31.2. The van der Waals surface area contributed by atoms with Gasteiger partial charge in [-0.15, -0.1) is 0 Å². The summed E-state index contributed by atoms with van der Waals surface area (Å²) in [5.74, 6) is -1.89. The zero-order valence-electron chi connectivity index (χ0n) is 16.7. The summed E-state index contributed by atoms with van der Waals surface area (Å²) in [5, 5.41) is 17.8. The molecule has 1 aliphatic heterocycles. The summed E-state index contributed by atoms with van der Waals surface area (Å²) in [6.45, 7) is 11.8. The van der Waals surface area contributed by atoms with Crippen molar-refractivity contribution in [2.24, 2.45) is 0 Å². The van der Waals surface area contributed by atoms with Crippen LogP contribution >= 0.6 is 7.37 Å². The number of carbonyl (C=O) groups is 2. The molecule has 0 spiro atoms. The van der Waals surface area contributed by atoms with E-state index in [2.05, 4.69) is 0 Å². The van der Waals surface area contributed by atoms with Gasteiger partial charge in [0.1, 0.15) is 0 Å². The van der Waals surface area contributed by atoms with Crippen LogP contribution in [0.3, 0.4) is 0 Å². The van der Waals surface area contributed by atoms with Crippen LogP contribution in [0.1, 0.15) is 27.7 Å². The molecule has 0 saturated carbocycles. The largest absolute Gasteiger partial charge is 0.480 e. The van der Waals surface area contributed by atoms with Crippen LogP contribution < -0.4 is 0 Å². The van der Waals surface area contributed by atoms with Crippen molar-refractivity contribution in [2.45, 2.75) is 27.7 Å². The summed E-state index contributed by atoms with van der Waals surface area (Å²) < 4.78 is 11.6. The Bertz CT molecular complexity index is 416. The molecule has 1 unspecified atom stereocenters. The molecule has 9 nitrogen and oxygen atoms in total. The molecular weight excluding hydrogens is 361 g/mol. The van der Waals surface area contributed by atoms with Crippen LogP contribution in [-0.2, 0) is 14.2 Å². The van der Waals surface area contributed by atoms with E-state index in [1.165, 1.54) is 6.66 Å².